The number of allylic oxidation sites excluding steroid dienone is 3. The van der Waals surface area contributed by atoms with E-state index in [-0.39, 0.29) is 5.76 Å². The molecule has 0 spiro atoms. The minimum absolute atomic E-state index is 0.255. The van der Waals surface area contributed by atoms with Gasteiger partial charge in [0.05, 0.1) is 5.76 Å². The molecule has 0 bridgehead atoms. The van der Waals surface area contributed by atoms with Gasteiger partial charge in [-0.3, -0.25) is 0 Å². The summed E-state index contributed by atoms with van der Waals surface area (Å²) in [6.07, 6.45) is 8.52. The Labute approximate surface area is 75.8 Å². The molecule has 0 aromatic rings. The van der Waals surface area contributed by atoms with Gasteiger partial charge in [0.25, 0.3) is 0 Å². The van der Waals surface area contributed by atoms with Gasteiger partial charge in [0.2, 0.25) is 0 Å². The highest BCUT2D eigenvalue weighted by molar-refractivity contribution is 5.00. The van der Waals surface area contributed by atoms with Gasteiger partial charge in [0.15, 0.2) is 0 Å². The molecule has 1 heteroatoms. The van der Waals surface area contributed by atoms with Gasteiger partial charge in [-0.25, -0.2) is 0 Å². The molecule has 0 radical (unpaired) electrons. The van der Waals surface area contributed by atoms with Crippen molar-refractivity contribution in [1.29, 1.82) is 0 Å². The Morgan fingerprint density at radius 1 is 1.58 bits per heavy atom. The molecular weight excluding hydrogens is 148 g/mol. The Bertz CT molecular complexity index is 156. The van der Waals surface area contributed by atoms with Gasteiger partial charge in [-0.2, -0.15) is 0 Å². The summed E-state index contributed by atoms with van der Waals surface area (Å²) in [4.78, 5) is 0. The van der Waals surface area contributed by atoms with Crippen molar-refractivity contribution in [1.82, 2.24) is 0 Å². The first-order chi connectivity index (χ1) is 5.66. The molecular formula is C11H20O. The highest BCUT2D eigenvalue weighted by Crippen LogP contribution is 2.15. The molecule has 1 rings (SSSR count). The Morgan fingerprint density at radius 2 is 2.17 bits per heavy atom. The Kier molecular flexibility index (Phi) is 6.54. The highest BCUT2D eigenvalue weighted by atomic mass is 16.3. The van der Waals surface area contributed by atoms with Crippen LogP contribution in [-0.4, -0.2) is 5.11 Å². The van der Waals surface area contributed by atoms with Gasteiger partial charge in [0.1, 0.15) is 0 Å². The van der Waals surface area contributed by atoms with Gasteiger partial charge in [-0.1, -0.05) is 25.2 Å². The van der Waals surface area contributed by atoms with E-state index in [1.54, 1.807) is 5.57 Å². The molecule has 0 unspecified atom stereocenters. The lowest BCUT2D eigenvalue weighted by Gasteiger charge is -2.05. The van der Waals surface area contributed by atoms with E-state index in [0.717, 1.165) is 0 Å². The molecule has 70 valence electrons. The number of hydrogen-bond acceptors (Lipinski definition) is 1. The van der Waals surface area contributed by atoms with Crippen LogP contribution in [0, 0.1) is 0 Å². The molecule has 0 saturated heterocycles. The molecule has 0 heterocycles. The molecule has 0 amide bonds. The summed E-state index contributed by atoms with van der Waals surface area (Å²) < 4.78 is 0. The van der Waals surface area contributed by atoms with Crippen LogP contribution in [0.25, 0.3) is 0 Å². The fraction of sp³-hybridized carbons (Fsp3) is 0.636. The van der Waals surface area contributed by atoms with Gasteiger partial charge >= 0.3 is 0 Å². The quantitative estimate of drug-likeness (QED) is 0.464. The van der Waals surface area contributed by atoms with Crippen LogP contribution in [-0.2, 0) is 0 Å². The molecule has 1 aliphatic carbocycles. The van der Waals surface area contributed by atoms with Crippen molar-refractivity contribution >= 4 is 0 Å². The van der Waals surface area contributed by atoms with E-state index in [1.807, 2.05) is 6.92 Å². The maximum Gasteiger partial charge on any atom is 0.0848 e. The fourth-order valence-corrected chi connectivity index (χ4v) is 0.999. The zero-order valence-corrected chi connectivity index (χ0v) is 8.27. The van der Waals surface area contributed by atoms with Crippen molar-refractivity contribution in [2.24, 2.45) is 0 Å². The summed E-state index contributed by atoms with van der Waals surface area (Å²) in [5.74, 6) is 0.255. The van der Waals surface area contributed by atoms with Crippen LogP contribution in [0.1, 0.15) is 46.0 Å². The van der Waals surface area contributed by atoms with Crippen LogP contribution in [0.15, 0.2) is 24.0 Å². The smallest absolute Gasteiger partial charge is 0.0848 e. The summed E-state index contributed by atoms with van der Waals surface area (Å²) in [5, 5.41) is 8.17. The largest absolute Gasteiger partial charge is 0.513 e. The highest BCUT2D eigenvalue weighted by Gasteiger charge is 1.95. The summed E-state index contributed by atoms with van der Waals surface area (Å²) in [6.45, 7) is 7.30. The molecule has 1 aliphatic rings. The predicted molar refractivity (Wildman–Crippen MR) is 54.3 cm³/mol. The van der Waals surface area contributed by atoms with E-state index in [2.05, 4.69) is 19.6 Å². The summed E-state index contributed by atoms with van der Waals surface area (Å²) in [7, 11) is 0. The maximum atomic E-state index is 8.17. The van der Waals surface area contributed by atoms with Crippen LogP contribution < -0.4 is 0 Å². The van der Waals surface area contributed by atoms with Crippen molar-refractivity contribution < 1.29 is 5.11 Å². The second kappa shape index (κ2) is 6.96. The maximum absolute atomic E-state index is 8.17. The van der Waals surface area contributed by atoms with Crippen LogP contribution in [0.4, 0.5) is 0 Å². The molecule has 0 fully saturated rings. The van der Waals surface area contributed by atoms with Crippen molar-refractivity contribution in [3.63, 3.8) is 0 Å². The van der Waals surface area contributed by atoms with Crippen molar-refractivity contribution in [2.45, 2.75) is 46.0 Å². The van der Waals surface area contributed by atoms with Crippen molar-refractivity contribution in [3.05, 3.63) is 24.0 Å². The van der Waals surface area contributed by atoms with Gasteiger partial charge in [-0.05, 0) is 32.6 Å². The Balaban J connectivity index is 0.000000217. The summed E-state index contributed by atoms with van der Waals surface area (Å²) >= 11 is 0. The minimum atomic E-state index is 0.255. The van der Waals surface area contributed by atoms with E-state index in [4.69, 9.17) is 5.11 Å². The second-order valence-electron chi connectivity index (χ2n) is 3.22. The zero-order valence-electron chi connectivity index (χ0n) is 8.27. The molecule has 0 aromatic heterocycles. The number of rotatable bonds is 1. The fourth-order valence-electron chi connectivity index (χ4n) is 0.999. The summed E-state index contributed by atoms with van der Waals surface area (Å²) in [5.41, 5.74) is 1.59. The lowest BCUT2D eigenvalue weighted by Crippen LogP contribution is -1.85. The third-order valence-corrected chi connectivity index (χ3v) is 1.93. The van der Waals surface area contributed by atoms with E-state index in [0.29, 0.717) is 6.42 Å². The van der Waals surface area contributed by atoms with Gasteiger partial charge < -0.3 is 5.11 Å². The lowest BCUT2D eigenvalue weighted by molar-refractivity contribution is 0.397. The molecule has 0 aromatic carbocycles. The first-order valence-electron chi connectivity index (χ1n) is 4.69. The first kappa shape index (κ1) is 11.3. The number of aliphatic hydroxyl groups is 1. The van der Waals surface area contributed by atoms with Crippen LogP contribution in [0.3, 0.4) is 0 Å². The zero-order chi connectivity index (χ0) is 9.40. The molecule has 0 saturated carbocycles. The third kappa shape index (κ3) is 7.39. The second-order valence-corrected chi connectivity index (χ2v) is 3.22. The van der Waals surface area contributed by atoms with Gasteiger partial charge in [0, 0.05) is 6.42 Å². The molecule has 1 nitrogen and oxygen atoms in total. The molecule has 12 heavy (non-hydrogen) atoms. The van der Waals surface area contributed by atoms with E-state index in [9.17, 15) is 0 Å². The standard InChI is InChI=1S/C7H12.C4H8O/c1-7-5-3-2-4-6-7;1-3-4(2)5/h5H,2-4,6H2,1H3;5H,2-3H2,1H3. The van der Waals surface area contributed by atoms with E-state index in [1.165, 1.54) is 25.7 Å². The summed E-state index contributed by atoms with van der Waals surface area (Å²) in [6, 6.07) is 0. The van der Waals surface area contributed by atoms with E-state index < -0.39 is 0 Å². The monoisotopic (exact) mass is 168 g/mol. The topological polar surface area (TPSA) is 20.2 Å². The first-order valence-corrected chi connectivity index (χ1v) is 4.69. The Hall–Kier alpha value is -0.720. The van der Waals surface area contributed by atoms with Crippen LogP contribution >= 0.6 is 0 Å². The number of aliphatic hydroxyl groups excluding tert-OH is 1. The average molecular weight is 168 g/mol. The van der Waals surface area contributed by atoms with Gasteiger partial charge in [-0.15, -0.1) is 0 Å². The molecule has 0 atom stereocenters. The Morgan fingerprint density at radius 3 is 2.33 bits per heavy atom. The SMILES string of the molecule is C=C(O)CC.CC1=CCCCC1. The van der Waals surface area contributed by atoms with Crippen molar-refractivity contribution in [3.8, 4) is 0 Å². The van der Waals surface area contributed by atoms with Crippen LogP contribution in [0.5, 0.6) is 0 Å². The normalized spacial score (nSPS) is 15.7. The predicted octanol–water partition coefficient (Wildman–Crippen LogP) is 3.97. The number of hydrogen-bond donors (Lipinski definition) is 1. The average Bonchev–Trinajstić information content (AvgIpc) is 2.07. The lowest BCUT2D eigenvalue weighted by atomic mass is 10.0. The molecule has 0 aliphatic heterocycles. The molecule has 1 N–H and O–H groups in total. The van der Waals surface area contributed by atoms with Crippen LogP contribution in [0.2, 0.25) is 0 Å². The third-order valence-electron chi connectivity index (χ3n) is 1.93. The minimum Gasteiger partial charge on any atom is -0.513 e. The van der Waals surface area contributed by atoms with E-state index >= 15 is 0 Å². The van der Waals surface area contributed by atoms with Crippen molar-refractivity contribution in [2.75, 3.05) is 0 Å².